The first-order valence-corrected chi connectivity index (χ1v) is 8.70. The maximum Gasteiger partial charge on any atom is 0.247 e. The van der Waals surface area contributed by atoms with E-state index < -0.39 is 10.0 Å². The van der Waals surface area contributed by atoms with Gasteiger partial charge in [-0.05, 0) is 42.3 Å². The van der Waals surface area contributed by atoms with Gasteiger partial charge in [0.2, 0.25) is 15.6 Å². The number of pyridine rings is 1. The third-order valence-corrected chi connectivity index (χ3v) is 5.88. The van der Waals surface area contributed by atoms with Crippen LogP contribution in [-0.4, -0.2) is 13.4 Å². The van der Waals surface area contributed by atoms with Crippen LogP contribution in [0.2, 0.25) is 0 Å². The van der Waals surface area contributed by atoms with E-state index >= 15 is 0 Å². The molecule has 1 aliphatic carbocycles. The number of hydrogen-bond donors (Lipinski definition) is 2. The number of sulfonamides is 1. The lowest BCUT2D eigenvalue weighted by molar-refractivity contribution is 0.511. The van der Waals surface area contributed by atoms with Crippen LogP contribution in [0.25, 0.3) is 0 Å². The monoisotopic (exact) mass is 310 g/mol. The Balaban J connectivity index is 1.88. The highest BCUT2D eigenvalue weighted by molar-refractivity contribution is 7.89. The SMILES string of the molecule is O=c1ccc(S(=O)(=O)NC2CCCc3sccc32)c[nH]1. The normalized spacial score (nSPS) is 18.7. The average molecular weight is 310 g/mol. The second-order valence-corrected chi connectivity index (χ2v) is 7.47. The minimum Gasteiger partial charge on any atom is -0.328 e. The Bertz CT molecular complexity index is 756. The van der Waals surface area contributed by atoms with Gasteiger partial charge in [-0.25, -0.2) is 13.1 Å². The molecule has 1 atom stereocenters. The van der Waals surface area contributed by atoms with Gasteiger partial charge in [-0.2, -0.15) is 0 Å². The van der Waals surface area contributed by atoms with Crippen molar-refractivity contribution in [1.29, 1.82) is 0 Å². The van der Waals surface area contributed by atoms with Crippen LogP contribution in [0.3, 0.4) is 0 Å². The van der Waals surface area contributed by atoms with Gasteiger partial charge in [0.1, 0.15) is 0 Å². The summed E-state index contributed by atoms with van der Waals surface area (Å²) in [5.41, 5.74) is 0.760. The molecule has 0 aromatic carbocycles. The molecule has 3 rings (SSSR count). The third-order valence-electron chi connectivity index (χ3n) is 3.42. The molecule has 2 aromatic rings. The van der Waals surface area contributed by atoms with Gasteiger partial charge in [0.25, 0.3) is 0 Å². The minimum atomic E-state index is -3.61. The van der Waals surface area contributed by atoms with Crippen LogP contribution in [0.4, 0.5) is 0 Å². The Labute approximate surface area is 120 Å². The molecule has 5 nitrogen and oxygen atoms in total. The molecule has 2 aromatic heterocycles. The van der Waals surface area contributed by atoms with Gasteiger partial charge in [0.15, 0.2) is 0 Å². The summed E-state index contributed by atoms with van der Waals surface area (Å²) in [7, 11) is -3.61. The van der Waals surface area contributed by atoms with E-state index in [4.69, 9.17) is 0 Å². The maximum atomic E-state index is 12.3. The van der Waals surface area contributed by atoms with Crippen molar-refractivity contribution in [3.63, 3.8) is 0 Å². The summed E-state index contributed by atoms with van der Waals surface area (Å²) in [4.78, 5) is 14.7. The van der Waals surface area contributed by atoms with Gasteiger partial charge in [-0.3, -0.25) is 4.79 Å². The Kier molecular flexibility index (Phi) is 3.49. The quantitative estimate of drug-likeness (QED) is 0.907. The Morgan fingerprint density at radius 1 is 1.30 bits per heavy atom. The first-order chi connectivity index (χ1) is 9.56. The predicted octanol–water partition coefficient (Wildman–Crippen LogP) is 1.79. The van der Waals surface area contributed by atoms with Crippen LogP contribution in [0, 0.1) is 0 Å². The zero-order valence-corrected chi connectivity index (χ0v) is 12.3. The van der Waals surface area contributed by atoms with Crippen LogP contribution >= 0.6 is 11.3 Å². The molecular weight excluding hydrogens is 296 g/mol. The summed E-state index contributed by atoms with van der Waals surface area (Å²) in [6, 6.07) is 4.34. The van der Waals surface area contributed by atoms with Crippen LogP contribution < -0.4 is 10.3 Å². The van der Waals surface area contributed by atoms with Crippen LogP contribution in [0.5, 0.6) is 0 Å². The van der Waals surface area contributed by atoms with Crippen molar-refractivity contribution in [2.24, 2.45) is 0 Å². The molecule has 0 fully saturated rings. The van der Waals surface area contributed by atoms with Crippen molar-refractivity contribution >= 4 is 21.4 Å². The smallest absolute Gasteiger partial charge is 0.247 e. The number of thiophene rings is 1. The topological polar surface area (TPSA) is 79.0 Å². The van der Waals surface area contributed by atoms with Crippen molar-refractivity contribution in [2.75, 3.05) is 0 Å². The second-order valence-electron chi connectivity index (χ2n) is 4.75. The van der Waals surface area contributed by atoms with E-state index in [1.165, 1.54) is 23.2 Å². The number of rotatable bonds is 3. The summed E-state index contributed by atoms with van der Waals surface area (Å²) >= 11 is 1.67. The number of hydrogen-bond acceptors (Lipinski definition) is 4. The first-order valence-electron chi connectivity index (χ1n) is 6.33. The highest BCUT2D eigenvalue weighted by Gasteiger charge is 2.26. The van der Waals surface area contributed by atoms with Gasteiger partial charge in [0, 0.05) is 23.2 Å². The molecule has 0 bridgehead atoms. The lowest BCUT2D eigenvalue weighted by atomic mass is 9.95. The standard InChI is InChI=1S/C13H14N2O3S2/c16-13-5-4-9(8-14-13)20(17,18)15-11-2-1-3-12-10(11)6-7-19-12/h4-8,11,15H,1-3H2,(H,14,16). The maximum absolute atomic E-state index is 12.3. The minimum absolute atomic E-state index is 0.0828. The fraction of sp³-hybridized carbons (Fsp3) is 0.308. The molecule has 2 heterocycles. The van der Waals surface area contributed by atoms with Crippen molar-refractivity contribution in [3.8, 4) is 0 Å². The van der Waals surface area contributed by atoms with Gasteiger partial charge in [-0.1, -0.05) is 0 Å². The van der Waals surface area contributed by atoms with Crippen molar-refractivity contribution in [1.82, 2.24) is 9.71 Å². The van der Waals surface area contributed by atoms with Crippen molar-refractivity contribution in [2.45, 2.75) is 30.2 Å². The lowest BCUT2D eigenvalue weighted by Gasteiger charge is -2.23. The summed E-state index contributed by atoms with van der Waals surface area (Å²) in [6.45, 7) is 0. The van der Waals surface area contributed by atoms with Gasteiger partial charge in [0.05, 0.1) is 4.90 Å². The van der Waals surface area contributed by atoms with Crippen LogP contribution in [0.15, 0.2) is 39.5 Å². The fourth-order valence-corrected chi connectivity index (χ4v) is 4.63. The molecule has 0 amide bonds. The summed E-state index contributed by atoms with van der Waals surface area (Å²) < 4.78 is 27.4. The average Bonchev–Trinajstić information content (AvgIpc) is 2.88. The summed E-state index contributed by atoms with van der Waals surface area (Å²) in [6.07, 6.45) is 4.02. The fourth-order valence-electron chi connectivity index (χ4n) is 2.43. The number of aromatic nitrogens is 1. The number of aryl methyl sites for hydroxylation is 1. The van der Waals surface area contributed by atoms with E-state index in [1.807, 2.05) is 11.4 Å². The molecule has 1 aliphatic rings. The molecule has 1 unspecified atom stereocenters. The molecule has 0 spiro atoms. The van der Waals surface area contributed by atoms with E-state index in [1.54, 1.807) is 11.3 Å². The lowest BCUT2D eigenvalue weighted by Crippen LogP contribution is -2.30. The predicted molar refractivity (Wildman–Crippen MR) is 77.4 cm³/mol. The molecular formula is C13H14N2O3S2. The molecule has 0 aliphatic heterocycles. The molecule has 106 valence electrons. The molecule has 7 heteroatoms. The van der Waals surface area contributed by atoms with Gasteiger partial charge < -0.3 is 4.98 Å². The highest BCUT2D eigenvalue weighted by Crippen LogP contribution is 2.34. The van der Waals surface area contributed by atoms with E-state index in [0.29, 0.717) is 0 Å². The number of nitrogens with one attached hydrogen (secondary N) is 2. The van der Waals surface area contributed by atoms with Crippen molar-refractivity contribution in [3.05, 3.63) is 50.6 Å². The Morgan fingerprint density at radius 2 is 2.15 bits per heavy atom. The molecule has 20 heavy (non-hydrogen) atoms. The van der Waals surface area contributed by atoms with Crippen LogP contribution in [0.1, 0.15) is 29.3 Å². The number of fused-ring (bicyclic) bond motifs is 1. The summed E-state index contributed by atoms with van der Waals surface area (Å²) in [5, 5.41) is 2.00. The highest BCUT2D eigenvalue weighted by atomic mass is 32.2. The zero-order chi connectivity index (χ0) is 14.2. The summed E-state index contributed by atoms with van der Waals surface area (Å²) in [5.74, 6) is 0. The molecule has 0 saturated carbocycles. The van der Waals surface area contributed by atoms with E-state index in [2.05, 4.69) is 9.71 Å². The van der Waals surface area contributed by atoms with Gasteiger partial charge >= 0.3 is 0 Å². The largest absolute Gasteiger partial charge is 0.328 e. The van der Waals surface area contributed by atoms with Gasteiger partial charge in [-0.15, -0.1) is 11.3 Å². The third kappa shape index (κ3) is 2.56. The van der Waals surface area contributed by atoms with Crippen molar-refractivity contribution < 1.29 is 8.42 Å². The number of aromatic amines is 1. The Morgan fingerprint density at radius 3 is 2.90 bits per heavy atom. The van der Waals surface area contributed by atoms with E-state index in [-0.39, 0.29) is 16.5 Å². The molecule has 2 N–H and O–H groups in total. The number of H-pyrrole nitrogens is 1. The van der Waals surface area contributed by atoms with E-state index in [0.717, 1.165) is 24.8 Å². The first kappa shape index (κ1) is 13.5. The Hall–Kier alpha value is -1.44. The van der Waals surface area contributed by atoms with E-state index in [9.17, 15) is 13.2 Å². The molecule has 0 radical (unpaired) electrons. The second kappa shape index (κ2) is 5.16. The van der Waals surface area contributed by atoms with Crippen LogP contribution in [-0.2, 0) is 16.4 Å². The zero-order valence-electron chi connectivity index (χ0n) is 10.6. The molecule has 0 saturated heterocycles.